The highest BCUT2D eigenvalue weighted by Crippen LogP contribution is 2.31. The minimum Gasteiger partial charge on any atom is -0.378 e. The van der Waals surface area contributed by atoms with Crippen LogP contribution in [0.2, 0.25) is 0 Å². The molecule has 0 unspecified atom stereocenters. The summed E-state index contributed by atoms with van der Waals surface area (Å²) in [4.78, 5) is 11.9. The molecule has 1 amide bonds. The number of nitrogens with two attached hydrogens (primary N) is 2. The molecule has 4 rings (SSSR count). The summed E-state index contributed by atoms with van der Waals surface area (Å²) in [6.45, 7) is 0. The fraction of sp³-hybridized carbons (Fsp3) is 0.273. The van der Waals surface area contributed by atoms with E-state index < -0.39 is 11.7 Å². The number of hydrogen-bond acceptors (Lipinski definition) is 6. The number of nitrogens with zero attached hydrogens (tertiary/aromatic N) is 1. The first-order chi connectivity index (χ1) is 14.5. The number of benzene rings is 2. The van der Waals surface area contributed by atoms with E-state index in [-0.39, 0.29) is 23.3 Å². The van der Waals surface area contributed by atoms with E-state index in [1.165, 1.54) is 6.07 Å². The van der Waals surface area contributed by atoms with Gasteiger partial charge in [0, 0.05) is 23.7 Å². The summed E-state index contributed by atoms with van der Waals surface area (Å²) in [5.41, 5.74) is 13.8. The van der Waals surface area contributed by atoms with Crippen LogP contribution in [0.5, 0.6) is 0 Å². The zero-order valence-corrected chi connectivity index (χ0v) is 16.4. The Morgan fingerprint density at radius 3 is 2.60 bits per heavy atom. The summed E-state index contributed by atoms with van der Waals surface area (Å²) in [6, 6.07) is 13.8. The second-order valence-corrected chi connectivity index (χ2v) is 7.51. The second kappa shape index (κ2) is 8.54. The van der Waals surface area contributed by atoms with E-state index in [0.717, 1.165) is 37.3 Å². The topological polar surface area (TPSA) is 119 Å². The lowest BCUT2D eigenvalue weighted by Crippen LogP contribution is -2.42. The molecule has 0 aliphatic heterocycles. The maximum Gasteiger partial charge on any atom is 0.250 e. The third kappa shape index (κ3) is 4.28. The number of nitrogens with one attached hydrogen (secondary N) is 2. The van der Waals surface area contributed by atoms with Crippen LogP contribution in [0, 0.1) is 5.82 Å². The fourth-order valence-corrected chi connectivity index (χ4v) is 3.74. The van der Waals surface area contributed by atoms with Crippen molar-refractivity contribution < 1.29 is 13.7 Å². The number of carbonyl (C=O) groups is 1. The Morgan fingerprint density at radius 2 is 1.87 bits per heavy atom. The molecule has 1 fully saturated rings. The Morgan fingerprint density at radius 1 is 1.10 bits per heavy atom. The van der Waals surface area contributed by atoms with Crippen molar-refractivity contribution in [3.8, 4) is 11.3 Å². The first-order valence-electron chi connectivity index (χ1n) is 9.96. The Bertz CT molecular complexity index is 1040. The number of hydrogen-bond donors (Lipinski definition) is 4. The number of primary amides is 1. The smallest absolute Gasteiger partial charge is 0.250 e. The molecule has 3 aromatic rings. The van der Waals surface area contributed by atoms with Gasteiger partial charge < -0.3 is 26.6 Å². The predicted molar refractivity (Wildman–Crippen MR) is 114 cm³/mol. The van der Waals surface area contributed by atoms with Crippen molar-refractivity contribution in [3.63, 3.8) is 0 Å². The number of amides is 1. The molecule has 0 bridgehead atoms. The van der Waals surface area contributed by atoms with Crippen molar-refractivity contribution in [1.82, 2.24) is 5.16 Å². The van der Waals surface area contributed by atoms with Crippen molar-refractivity contribution in [3.05, 3.63) is 59.9 Å². The largest absolute Gasteiger partial charge is 0.378 e. The van der Waals surface area contributed by atoms with Gasteiger partial charge in [-0.05, 0) is 25.0 Å². The summed E-state index contributed by atoms with van der Waals surface area (Å²) in [5, 5.41) is 10.2. The Labute approximate surface area is 173 Å². The molecule has 0 saturated heterocycles. The standard InChI is InChI=1S/C22H24FN5O2/c23-15-10-14(22(25)29)19(11-20(15)26-17-9-5-4-8-16(17)24)27-21-12-18(28-30-21)13-6-2-1-3-7-13/h1-3,6-7,10-12,16-17,26-27H,4-5,8-9,24H2,(H2,25,29)/t16-,17+/m0/s1. The minimum atomic E-state index is -0.750. The number of halogens is 1. The van der Waals surface area contributed by atoms with Crippen molar-refractivity contribution in [2.24, 2.45) is 11.5 Å². The molecule has 2 atom stereocenters. The Balaban J connectivity index is 1.61. The van der Waals surface area contributed by atoms with Crippen LogP contribution in [0.1, 0.15) is 36.0 Å². The monoisotopic (exact) mass is 409 g/mol. The van der Waals surface area contributed by atoms with E-state index in [2.05, 4.69) is 15.8 Å². The minimum absolute atomic E-state index is 0.0173. The molecule has 1 saturated carbocycles. The number of aromatic nitrogens is 1. The van der Waals surface area contributed by atoms with Gasteiger partial charge in [0.25, 0.3) is 5.91 Å². The van der Waals surface area contributed by atoms with Crippen LogP contribution in [0.15, 0.2) is 53.1 Å². The molecule has 7 nitrogen and oxygen atoms in total. The van der Waals surface area contributed by atoms with E-state index in [1.54, 1.807) is 6.07 Å². The second-order valence-electron chi connectivity index (χ2n) is 7.51. The van der Waals surface area contributed by atoms with Gasteiger partial charge in [-0.25, -0.2) is 4.39 Å². The van der Waals surface area contributed by atoms with Crippen LogP contribution >= 0.6 is 0 Å². The molecule has 1 aliphatic rings. The fourth-order valence-electron chi connectivity index (χ4n) is 3.74. The van der Waals surface area contributed by atoms with Crippen molar-refractivity contribution in [1.29, 1.82) is 0 Å². The summed E-state index contributed by atoms with van der Waals surface area (Å²) < 4.78 is 20.0. The van der Waals surface area contributed by atoms with Gasteiger partial charge in [-0.15, -0.1) is 0 Å². The summed E-state index contributed by atoms with van der Waals surface area (Å²) in [7, 11) is 0. The van der Waals surface area contributed by atoms with Gasteiger partial charge in [-0.2, -0.15) is 0 Å². The highest BCUT2D eigenvalue weighted by molar-refractivity contribution is 6.00. The third-order valence-corrected chi connectivity index (χ3v) is 5.37. The number of carbonyl (C=O) groups excluding carboxylic acids is 1. The third-order valence-electron chi connectivity index (χ3n) is 5.37. The predicted octanol–water partition coefficient (Wildman–Crippen LogP) is 4.01. The molecule has 8 heteroatoms. The zero-order chi connectivity index (χ0) is 21.1. The lowest BCUT2D eigenvalue weighted by molar-refractivity contribution is 0.100. The molecule has 156 valence electrons. The van der Waals surface area contributed by atoms with E-state index in [0.29, 0.717) is 17.3 Å². The highest BCUT2D eigenvalue weighted by Gasteiger charge is 2.24. The average molecular weight is 409 g/mol. The molecule has 1 aliphatic carbocycles. The molecule has 1 aromatic heterocycles. The molecule has 2 aromatic carbocycles. The summed E-state index contributed by atoms with van der Waals surface area (Å²) in [5.74, 6) is -1.00. The van der Waals surface area contributed by atoms with Gasteiger partial charge in [-0.1, -0.05) is 48.3 Å². The highest BCUT2D eigenvalue weighted by atomic mass is 19.1. The van der Waals surface area contributed by atoms with Crippen LogP contribution in [-0.2, 0) is 0 Å². The van der Waals surface area contributed by atoms with Crippen LogP contribution in [-0.4, -0.2) is 23.1 Å². The Kier molecular flexibility index (Phi) is 5.67. The number of anilines is 3. The first kappa shape index (κ1) is 19.9. The summed E-state index contributed by atoms with van der Waals surface area (Å²) in [6.07, 6.45) is 3.87. The SMILES string of the molecule is NC(=O)c1cc(F)c(N[C@@H]2CCCC[C@@H]2N)cc1Nc1cc(-c2ccccc2)no1. The van der Waals surface area contributed by atoms with Gasteiger partial charge in [0.15, 0.2) is 0 Å². The van der Waals surface area contributed by atoms with Gasteiger partial charge in [-0.3, -0.25) is 4.79 Å². The lowest BCUT2D eigenvalue weighted by atomic mass is 9.91. The van der Waals surface area contributed by atoms with Crippen LogP contribution in [0.4, 0.5) is 21.6 Å². The lowest BCUT2D eigenvalue weighted by Gasteiger charge is -2.30. The van der Waals surface area contributed by atoms with Crippen LogP contribution < -0.4 is 22.1 Å². The normalized spacial score (nSPS) is 18.7. The van der Waals surface area contributed by atoms with E-state index in [9.17, 15) is 9.18 Å². The molecule has 0 spiro atoms. The van der Waals surface area contributed by atoms with Gasteiger partial charge in [0.05, 0.1) is 16.9 Å². The quantitative estimate of drug-likeness (QED) is 0.488. The summed E-state index contributed by atoms with van der Waals surface area (Å²) >= 11 is 0. The van der Waals surface area contributed by atoms with Gasteiger partial charge in [0.1, 0.15) is 11.5 Å². The maximum atomic E-state index is 14.7. The molecular weight excluding hydrogens is 385 g/mol. The van der Waals surface area contributed by atoms with Crippen molar-refractivity contribution >= 4 is 23.2 Å². The molecule has 1 heterocycles. The first-order valence-corrected chi connectivity index (χ1v) is 9.96. The Hall–Kier alpha value is -3.39. The average Bonchev–Trinajstić information content (AvgIpc) is 3.21. The molecule has 6 N–H and O–H groups in total. The van der Waals surface area contributed by atoms with Crippen LogP contribution in [0.3, 0.4) is 0 Å². The van der Waals surface area contributed by atoms with Crippen molar-refractivity contribution in [2.75, 3.05) is 10.6 Å². The zero-order valence-electron chi connectivity index (χ0n) is 16.4. The van der Waals surface area contributed by atoms with E-state index >= 15 is 0 Å². The van der Waals surface area contributed by atoms with Gasteiger partial charge >= 0.3 is 0 Å². The molecular formula is C22H24FN5O2. The maximum absolute atomic E-state index is 14.7. The number of rotatable bonds is 6. The van der Waals surface area contributed by atoms with E-state index in [1.807, 2.05) is 30.3 Å². The van der Waals surface area contributed by atoms with Gasteiger partial charge in [0.2, 0.25) is 5.88 Å². The molecule has 30 heavy (non-hydrogen) atoms. The van der Waals surface area contributed by atoms with Crippen LogP contribution in [0.25, 0.3) is 11.3 Å². The van der Waals surface area contributed by atoms with Crippen molar-refractivity contribution in [2.45, 2.75) is 37.8 Å². The van der Waals surface area contributed by atoms with E-state index in [4.69, 9.17) is 16.0 Å². The molecule has 0 radical (unpaired) electrons.